The Labute approximate surface area is 171 Å². The highest BCUT2D eigenvalue weighted by Gasteiger charge is 2.20. The summed E-state index contributed by atoms with van der Waals surface area (Å²) in [5, 5.41) is 8.80. The van der Waals surface area contributed by atoms with E-state index in [1.165, 1.54) is 5.56 Å². The summed E-state index contributed by atoms with van der Waals surface area (Å²) >= 11 is 0. The predicted octanol–water partition coefficient (Wildman–Crippen LogP) is 3.45. The maximum Gasteiger partial charge on any atom is 0.341 e. The third kappa shape index (κ3) is 6.62. The zero-order valence-electron chi connectivity index (χ0n) is 15.8. The Balaban J connectivity index is 0.00000280. The van der Waals surface area contributed by atoms with Gasteiger partial charge >= 0.3 is 5.97 Å². The van der Waals surface area contributed by atoms with Gasteiger partial charge in [0.25, 0.3) is 0 Å². The molecule has 0 aliphatic carbocycles. The number of rotatable bonds is 8. The normalized spacial score (nSPS) is 14.9. The molecule has 0 amide bonds. The molecule has 7 heteroatoms. The van der Waals surface area contributed by atoms with E-state index in [0.29, 0.717) is 29.7 Å². The standard InChI is InChI=1S/C21H26N2O4.ClH/c22-18-6-7-19(20(12-18)27-15-21(24)25)26-14-17-8-10-23(11-9-17)13-16-4-2-1-3-5-16;/h1-7,12,17H,8-11,13-15,22H2,(H,24,25);1H. The smallest absolute Gasteiger partial charge is 0.341 e. The largest absolute Gasteiger partial charge is 0.489 e. The van der Waals surface area contributed by atoms with Crippen LogP contribution in [0.1, 0.15) is 18.4 Å². The fraction of sp³-hybridized carbons (Fsp3) is 0.381. The first kappa shape index (κ1) is 21.9. The fourth-order valence-corrected chi connectivity index (χ4v) is 3.26. The summed E-state index contributed by atoms with van der Waals surface area (Å²) in [6.45, 7) is 3.25. The van der Waals surface area contributed by atoms with E-state index < -0.39 is 12.6 Å². The Morgan fingerprint density at radius 3 is 2.46 bits per heavy atom. The van der Waals surface area contributed by atoms with Gasteiger partial charge in [-0.2, -0.15) is 0 Å². The number of hydrogen-bond donors (Lipinski definition) is 2. The average Bonchev–Trinajstić information content (AvgIpc) is 2.67. The van der Waals surface area contributed by atoms with E-state index >= 15 is 0 Å². The van der Waals surface area contributed by atoms with Gasteiger partial charge in [-0.15, -0.1) is 12.4 Å². The van der Waals surface area contributed by atoms with Crippen molar-refractivity contribution >= 4 is 24.1 Å². The number of nitrogens with zero attached hydrogens (tertiary/aromatic N) is 1. The number of halogens is 1. The molecule has 28 heavy (non-hydrogen) atoms. The van der Waals surface area contributed by atoms with Gasteiger partial charge in [-0.3, -0.25) is 4.90 Å². The third-order valence-electron chi connectivity index (χ3n) is 4.75. The molecular weight excluding hydrogens is 380 g/mol. The van der Waals surface area contributed by atoms with Crippen LogP contribution in [0.2, 0.25) is 0 Å². The Kier molecular flexibility index (Phi) is 8.42. The first-order valence-electron chi connectivity index (χ1n) is 9.23. The SMILES string of the molecule is Cl.Nc1ccc(OCC2CCN(Cc3ccccc3)CC2)c(OCC(=O)O)c1. The number of carboxylic acids is 1. The lowest BCUT2D eigenvalue weighted by atomic mass is 9.97. The van der Waals surface area contributed by atoms with E-state index in [9.17, 15) is 4.79 Å². The van der Waals surface area contributed by atoms with Crippen molar-refractivity contribution in [2.45, 2.75) is 19.4 Å². The van der Waals surface area contributed by atoms with Crippen molar-refractivity contribution in [3.8, 4) is 11.5 Å². The van der Waals surface area contributed by atoms with Crippen molar-refractivity contribution in [3.63, 3.8) is 0 Å². The second-order valence-corrected chi connectivity index (χ2v) is 6.90. The van der Waals surface area contributed by atoms with Gasteiger partial charge in [0.05, 0.1) is 6.61 Å². The second kappa shape index (κ2) is 10.8. The molecule has 0 atom stereocenters. The van der Waals surface area contributed by atoms with E-state index in [-0.39, 0.29) is 12.4 Å². The zero-order chi connectivity index (χ0) is 19.1. The van der Waals surface area contributed by atoms with Gasteiger partial charge in [-0.1, -0.05) is 30.3 Å². The zero-order valence-corrected chi connectivity index (χ0v) is 16.6. The number of ether oxygens (including phenoxy) is 2. The minimum atomic E-state index is -1.03. The summed E-state index contributed by atoms with van der Waals surface area (Å²) in [6.07, 6.45) is 2.15. The molecule has 0 aromatic heterocycles. The van der Waals surface area contributed by atoms with E-state index in [1.807, 2.05) is 6.07 Å². The highest BCUT2D eigenvalue weighted by atomic mass is 35.5. The van der Waals surface area contributed by atoms with Gasteiger partial charge < -0.3 is 20.3 Å². The molecule has 6 nitrogen and oxygen atoms in total. The molecule has 3 N–H and O–H groups in total. The van der Waals surface area contributed by atoms with Crippen LogP contribution in [0.4, 0.5) is 5.69 Å². The lowest BCUT2D eigenvalue weighted by Crippen LogP contribution is -2.35. The summed E-state index contributed by atoms with van der Waals surface area (Å²) in [7, 11) is 0. The van der Waals surface area contributed by atoms with Crippen LogP contribution in [0.5, 0.6) is 11.5 Å². The molecule has 2 aromatic carbocycles. The molecule has 152 valence electrons. The molecule has 1 aliphatic heterocycles. The number of likely N-dealkylation sites (tertiary alicyclic amines) is 1. The molecule has 3 rings (SSSR count). The minimum absolute atomic E-state index is 0. The molecule has 0 saturated carbocycles. The van der Waals surface area contributed by atoms with Gasteiger partial charge in [-0.05, 0) is 49.5 Å². The van der Waals surface area contributed by atoms with Crippen LogP contribution in [0.25, 0.3) is 0 Å². The van der Waals surface area contributed by atoms with E-state index in [1.54, 1.807) is 18.2 Å². The Bertz CT molecular complexity index is 749. The van der Waals surface area contributed by atoms with Crippen LogP contribution in [-0.2, 0) is 11.3 Å². The van der Waals surface area contributed by atoms with Crippen LogP contribution in [0.3, 0.4) is 0 Å². The van der Waals surface area contributed by atoms with E-state index in [4.69, 9.17) is 20.3 Å². The predicted molar refractivity (Wildman–Crippen MR) is 111 cm³/mol. The molecule has 0 radical (unpaired) electrons. The Morgan fingerprint density at radius 2 is 1.79 bits per heavy atom. The molecule has 0 bridgehead atoms. The number of benzene rings is 2. The molecule has 1 fully saturated rings. The third-order valence-corrected chi connectivity index (χ3v) is 4.75. The van der Waals surface area contributed by atoms with Gasteiger partial charge in [-0.25, -0.2) is 4.79 Å². The second-order valence-electron chi connectivity index (χ2n) is 6.90. The van der Waals surface area contributed by atoms with Crippen LogP contribution >= 0.6 is 12.4 Å². The fourth-order valence-electron chi connectivity index (χ4n) is 3.26. The quantitative estimate of drug-likeness (QED) is 0.653. The lowest BCUT2D eigenvalue weighted by molar-refractivity contribution is -0.139. The minimum Gasteiger partial charge on any atom is -0.489 e. The van der Waals surface area contributed by atoms with Crippen molar-refractivity contribution in [1.29, 1.82) is 0 Å². The summed E-state index contributed by atoms with van der Waals surface area (Å²) in [4.78, 5) is 13.2. The van der Waals surface area contributed by atoms with Crippen molar-refractivity contribution in [3.05, 3.63) is 54.1 Å². The number of carboxylic acid groups (broad SMARTS) is 1. The Morgan fingerprint density at radius 1 is 1.07 bits per heavy atom. The van der Waals surface area contributed by atoms with Crippen molar-refractivity contribution in [2.75, 3.05) is 32.0 Å². The van der Waals surface area contributed by atoms with E-state index in [0.717, 1.165) is 32.5 Å². The monoisotopic (exact) mass is 406 g/mol. The molecule has 1 saturated heterocycles. The van der Waals surface area contributed by atoms with Gasteiger partial charge in [0.1, 0.15) is 0 Å². The van der Waals surface area contributed by atoms with Gasteiger partial charge in [0.15, 0.2) is 18.1 Å². The number of nitrogens with two attached hydrogens (primary N) is 1. The summed E-state index contributed by atoms with van der Waals surface area (Å²) < 4.78 is 11.2. The number of carbonyl (C=O) groups is 1. The maximum absolute atomic E-state index is 10.7. The average molecular weight is 407 g/mol. The number of anilines is 1. The number of hydrogen-bond acceptors (Lipinski definition) is 5. The molecule has 1 heterocycles. The summed E-state index contributed by atoms with van der Waals surface area (Å²) in [5.41, 5.74) is 7.62. The molecular formula is C21H27ClN2O4. The number of aliphatic carboxylic acids is 1. The summed E-state index contributed by atoms with van der Waals surface area (Å²) in [6, 6.07) is 15.6. The highest BCUT2D eigenvalue weighted by Crippen LogP contribution is 2.30. The van der Waals surface area contributed by atoms with E-state index in [2.05, 4.69) is 29.2 Å². The van der Waals surface area contributed by atoms with Gasteiger partial charge in [0.2, 0.25) is 0 Å². The molecule has 0 spiro atoms. The molecule has 0 unspecified atom stereocenters. The summed E-state index contributed by atoms with van der Waals surface area (Å²) in [5.74, 6) is 0.354. The van der Waals surface area contributed by atoms with Crippen LogP contribution in [0.15, 0.2) is 48.5 Å². The number of piperidine rings is 1. The van der Waals surface area contributed by atoms with Crippen molar-refractivity contribution in [1.82, 2.24) is 4.90 Å². The highest BCUT2D eigenvalue weighted by molar-refractivity contribution is 5.85. The van der Waals surface area contributed by atoms with Crippen LogP contribution < -0.4 is 15.2 Å². The van der Waals surface area contributed by atoms with Crippen LogP contribution in [0, 0.1) is 5.92 Å². The molecule has 2 aromatic rings. The lowest BCUT2D eigenvalue weighted by Gasteiger charge is -2.32. The van der Waals surface area contributed by atoms with Crippen molar-refractivity contribution < 1.29 is 19.4 Å². The number of nitrogen functional groups attached to an aromatic ring is 1. The maximum atomic E-state index is 10.7. The van der Waals surface area contributed by atoms with Gasteiger partial charge in [0, 0.05) is 18.3 Å². The van der Waals surface area contributed by atoms with Crippen LogP contribution in [-0.4, -0.2) is 42.3 Å². The Hall–Kier alpha value is -2.44. The molecule has 1 aliphatic rings. The first-order chi connectivity index (χ1) is 13.1. The van der Waals surface area contributed by atoms with Crippen molar-refractivity contribution in [2.24, 2.45) is 5.92 Å². The first-order valence-corrected chi connectivity index (χ1v) is 9.23. The topological polar surface area (TPSA) is 85.0 Å².